The molecule has 0 bridgehead atoms. The van der Waals surface area contributed by atoms with Crippen molar-refractivity contribution in [2.45, 2.75) is 65.2 Å². The van der Waals surface area contributed by atoms with Crippen molar-refractivity contribution < 1.29 is 9.59 Å². The van der Waals surface area contributed by atoms with Crippen molar-refractivity contribution in [3.63, 3.8) is 0 Å². The molecule has 0 aromatic carbocycles. The van der Waals surface area contributed by atoms with Gasteiger partial charge in [0.2, 0.25) is 11.8 Å². The number of amides is 2. The van der Waals surface area contributed by atoms with E-state index < -0.39 is 0 Å². The van der Waals surface area contributed by atoms with E-state index in [1.807, 2.05) is 0 Å². The predicted molar refractivity (Wildman–Crippen MR) is 121 cm³/mol. The van der Waals surface area contributed by atoms with Gasteiger partial charge in [-0.15, -0.1) is 0 Å². The Morgan fingerprint density at radius 3 is 1.37 bits per heavy atom. The van der Waals surface area contributed by atoms with Gasteiger partial charge in [-0.3, -0.25) is 9.59 Å². The highest BCUT2D eigenvalue weighted by molar-refractivity contribution is 5.81. The molecule has 2 unspecified atom stereocenters. The summed E-state index contributed by atoms with van der Waals surface area (Å²) in [5.41, 5.74) is 0. The molecule has 6 nitrogen and oxygen atoms in total. The van der Waals surface area contributed by atoms with E-state index in [4.69, 9.17) is 0 Å². The zero-order chi connectivity index (χ0) is 21.3. The molecule has 2 amide bonds. The van der Waals surface area contributed by atoms with Crippen LogP contribution in [0.4, 0.5) is 0 Å². The molecule has 2 N–H and O–H groups in total. The highest BCUT2D eigenvalue weighted by Crippen LogP contribution is 2.29. The normalized spacial score (nSPS) is 27.7. The predicted octanol–water partition coefficient (Wildman–Crippen LogP) is 2.49. The highest BCUT2D eigenvalue weighted by Gasteiger charge is 2.30. The van der Waals surface area contributed by atoms with E-state index in [0.717, 1.165) is 51.9 Å². The van der Waals surface area contributed by atoms with Gasteiger partial charge in [0, 0.05) is 38.0 Å². The van der Waals surface area contributed by atoms with Gasteiger partial charge in [-0.25, -0.2) is 0 Å². The number of nitrogens with one attached hydrogen (secondary N) is 2. The first kappa shape index (κ1) is 23.5. The van der Waals surface area contributed by atoms with Crippen LogP contribution in [-0.4, -0.2) is 74.0 Å². The number of rotatable bonds is 10. The number of hydrogen-bond donors (Lipinski definition) is 2. The van der Waals surface area contributed by atoms with Crippen LogP contribution in [0.1, 0.15) is 65.2 Å². The fourth-order valence-electron chi connectivity index (χ4n) is 5.40. The average Bonchev–Trinajstić information content (AvgIpc) is 3.44. The molecule has 0 aromatic rings. The minimum atomic E-state index is 0.0853. The van der Waals surface area contributed by atoms with Gasteiger partial charge in [0.1, 0.15) is 0 Å². The molecule has 3 aliphatic rings. The molecule has 2 aliphatic heterocycles. The third kappa shape index (κ3) is 7.52. The maximum atomic E-state index is 12.6. The van der Waals surface area contributed by atoms with E-state index >= 15 is 0 Å². The first-order valence-electron chi connectivity index (χ1n) is 12.5. The molecule has 2 atom stereocenters. The molecule has 3 rings (SSSR count). The van der Waals surface area contributed by atoms with Gasteiger partial charge in [-0.1, -0.05) is 13.8 Å². The van der Waals surface area contributed by atoms with Gasteiger partial charge in [-0.2, -0.15) is 0 Å². The summed E-state index contributed by atoms with van der Waals surface area (Å²) in [5, 5.41) is 6.35. The second-order valence-electron chi connectivity index (χ2n) is 10.3. The SMILES string of the molecule is CC(CNC(=O)C1CCC(C(=O)NCC(C)CN2CCCC2)CC1)CN1CCCC1. The largest absolute Gasteiger partial charge is 0.356 e. The lowest BCUT2D eigenvalue weighted by molar-refractivity contribution is -0.130. The summed E-state index contributed by atoms with van der Waals surface area (Å²) in [7, 11) is 0. The van der Waals surface area contributed by atoms with Crippen molar-refractivity contribution in [3.8, 4) is 0 Å². The molecule has 0 aromatic heterocycles. The highest BCUT2D eigenvalue weighted by atomic mass is 16.2. The van der Waals surface area contributed by atoms with E-state index in [-0.39, 0.29) is 23.7 Å². The van der Waals surface area contributed by atoms with Crippen molar-refractivity contribution in [1.29, 1.82) is 0 Å². The maximum absolute atomic E-state index is 12.6. The number of carbonyl (C=O) groups excluding carboxylic acids is 2. The fourth-order valence-corrected chi connectivity index (χ4v) is 5.40. The van der Waals surface area contributed by atoms with Crippen molar-refractivity contribution in [1.82, 2.24) is 20.4 Å². The molecule has 1 saturated carbocycles. The molecule has 2 saturated heterocycles. The van der Waals surface area contributed by atoms with Crippen molar-refractivity contribution >= 4 is 11.8 Å². The molecule has 0 spiro atoms. The summed E-state index contributed by atoms with van der Waals surface area (Å²) in [6, 6.07) is 0. The molecule has 6 heteroatoms. The molecule has 30 heavy (non-hydrogen) atoms. The Morgan fingerprint density at radius 1 is 0.700 bits per heavy atom. The zero-order valence-corrected chi connectivity index (χ0v) is 19.3. The maximum Gasteiger partial charge on any atom is 0.223 e. The Labute approximate surface area is 183 Å². The van der Waals surface area contributed by atoms with Gasteiger partial charge >= 0.3 is 0 Å². The number of nitrogens with zero attached hydrogens (tertiary/aromatic N) is 2. The van der Waals surface area contributed by atoms with Crippen molar-refractivity contribution in [2.75, 3.05) is 52.4 Å². The van der Waals surface area contributed by atoms with Crippen molar-refractivity contribution in [2.24, 2.45) is 23.7 Å². The van der Waals surface area contributed by atoms with Crippen LogP contribution >= 0.6 is 0 Å². The molecule has 0 radical (unpaired) electrons. The molecule has 1 aliphatic carbocycles. The van der Waals surface area contributed by atoms with Gasteiger partial charge in [0.25, 0.3) is 0 Å². The van der Waals surface area contributed by atoms with Crippen molar-refractivity contribution in [3.05, 3.63) is 0 Å². The first-order chi connectivity index (χ1) is 14.5. The van der Waals surface area contributed by atoms with E-state index in [1.54, 1.807) is 0 Å². The molecule has 3 fully saturated rings. The lowest BCUT2D eigenvalue weighted by Crippen LogP contribution is -2.41. The summed E-state index contributed by atoms with van der Waals surface area (Å²) in [5.74, 6) is 1.56. The fraction of sp³-hybridized carbons (Fsp3) is 0.917. The van der Waals surface area contributed by atoms with Gasteiger partial charge in [-0.05, 0) is 89.4 Å². The zero-order valence-electron chi connectivity index (χ0n) is 19.3. The third-order valence-corrected chi connectivity index (χ3v) is 7.26. The topological polar surface area (TPSA) is 64.7 Å². The van der Waals surface area contributed by atoms with E-state index in [0.29, 0.717) is 11.8 Å². The Hall–Kier alpha value is -1.14. The molecular formula is C24H44N4O2. The second-order valence-corrected chi connectivity index (χ2v) is 10.3. The van der Waals surface area contributed by atoms with Crippen LogP contribution in [0.3, 0.4) is 0 Å². The summed E-state index contributed by atoms with van der Waals surface area (Å²) < 4.78 is 0. The quantitative estimate of drug-likeness (QED) is 0.570. The lowest BCUT2D eigenvalue weighted by Gasteiger charge is -2.28. The number of carbonyl (C=O) groups is 2. The van der Waals surface area contributed by atoms with Gasteiger partial charge in [0.15, 0.2) is 0 Å². The average molecular weight is 421 g/mol. The molecular weight excluding hydrogens is 376 g/mol. The standard InChI is InChI=1S/C24H44N4O2/c1-19(17-27-11-3-4-12-27)15-25-23(29)21-7-9-22(10-8-21)24(30)26-16-20(2)18-28-13-5-6-14-28/h19-22H,3-18H2,1-2H3,(H,25,29)(H,26,30). The number of hydrogen-bond acceptors (Lipinski definition) is 4. The summed E-state index contributed by atoms with van der Waals surface area (Å²) in [4.78, 5) is 30.1. The van der Waals surface area contributed by atoms with Crippen LogP contribution in [0.25, 0.3) is 0 Å². The number of likely N-dealkylation sites (tertiary alicyclic amines) is 2. The van der Waals surface area contributed by atoms with E-state index in [1.165, 1.54) is 51.9 Å². The van der Waals surface area contributed by atoms with Crippen LogP contribution in [0, 0.1) is 23.7 Å². The Morgan fingerprint density at radius 2 is 1.03 bits per heavy atom. The van der Waals surface area contributed by atoms with Crippen LogP contribution in [0.2, 0.25) is 0 Å². The molecule has 2 heterocycles. The minimum absolute atomic E-state index is 0.0853. The first-order valence-corrected chi connectivity index (χ1v) is 12.5. The summed E-state index contributed by atoms with van der Waals surface area (Å²) in [6.45, 7) is 13.0. The smallest absolute Gasteiger partial charge is 0.223 e. The molecule has 172 valence electrons. The summed E-state index contributed by atoms with van der Waals surface area (Å²) in [6.07, 6.45) is 8.62. The second kappa shape index (κ2) is 12.0. The monoisotopic (exact) mass is 420 g/mol. The minimum Gasteiger partial charge on any atom is -0.356 e. The van der Waals surface area contributed by atoms with Crippen LogP contribution < -0.4 is 10.6 Å². The third-order valence-electron chi connectivity index (χ3n) is 7.26. The van der Waals surface area contributed by atoms with E-state index in [2.05, 4.69) is 34.3 Å². The van der Waals surface area contributed by atoms with Gasteiger partial charge in [0.05, 0.1) is 0 Å². The summed E-state index contributed by atoms with van der Waals surface area (Å²) >= 11 is 0. The van der Waals surface area contributed by atoms with E-state index in [9.17, 15) is 9.59 Å². The Bertz CT molecular complexity index is 487. The Kier molecular flexibility index (Phi) is 9.44. The van der Waals surface area contributed by atoms with Crippen LogP contribution in [0.15, 0.2) is 0 Å². The van der Waals surface area contributed by atoms with Gasteiger partial charge < -0.3 is 20.4 Å². The Balaban J connectivity index is 1.27. The van der Waals surface area contributed by atoms with Crippen LogP contribution in [0.5, 0.6) is 0 Å². The van der Waals surface area contributed by atoms with Crippen LogP contribution in [-0.2, 0) is 9.59 Å². The lowest BCUT2D eigenvalue weighted by atomic mass is 9.81.